The molecule has 6 aromatic heterocycles. The van der Waals surface area contributed by atoms with Gasteiger partial charge in [0.15, 0.2) is 0 Å². The highest BCUT2D eigenvalue weighted by molar-refractivity contribution is 7.16. The summed E-state index contributed by atoms with van der Waals surface area (Å²) in [6, 6.07) is 21.7. The zero-order chi connectivity index (χ0) is 20.6. The molecule has 0 aromatic carbocycles. The smallest absolute Gasteiger partial charge is 0.0903 e. The number of rotatable bonds is 5. The Morgan fingerprint density at radius 3 is 1.03 bits per heavy atom. The van der Waals surface area contributed by atoms with Gasteiger partial charge in [0.2, 0.25) is 0 Å². The van der Waals surface area contributed by atoms with Gasteiger partial charge in [-0.25, -0.2) is 4.98 Å². The summed E-state index contributed by atoms with van der Waals surface area (Å²) in [5.41, 5.74) is 5.92. The molecule has 0 bridgehead atoms. The van der Waals surface area contributed by atoms with Crippen molar-refractivity contribution in [1.82, 2.24) is 4.98 Å². The average Bonchev–Trinajstić information content (AvgIpc) is 3.65. The minimum absolute atomic E-state index is 1.07. The summed E-state index contributed by atoms with van der Waals surface area (Å²) in [6.45, 7) is 0. The fraction of sp³-hybridized carbons (Fsp3) is 0. The van der Waals surface area contributed by atoms with Crippen LogP contribution in [0.2, 0.25) is 0 Å². The zero-order valence-electron chi connectivity index (χ0n) is 16.1. The molecule has 0 aliphatic rings. The Labute approximate surface area is 200 Å². The van der Waals surface area contributed by atoms with Gasteiger partial charge in [-0.2, -0.15) is 0 Å². The number of pyridine rings is 1. The van der Waals surface area contributed by atoms with Gasteiger partial charge in [0.05, 0.1) is 21.1 Å². The Morgan fingerprint density at radius 2 is 0.710 bits per heavy atom. The van der Waals surface area contributed by atoms with Crippen LogP contribution in [0.5, 0.6) is 0 Å². The number of nitrogens with zero attached hydrogens (tertiary/aromatic N) is 1. The van der Waals surface area contributed by atoms with Gasteiger partial charge < -0.3 is 0 Å². The van der Waals surface area contributed by atoms with Crippen LogP contribution in [-0.4, -0.2) is 4.98 Å². The summed E-state index contributed by atoms with van der Waals surface area (Å²) in [4.78, 5) is 11.6. The second-order valence-electron chi connectivity index (χ2n) is 6.82. The van der Waals surface area contributed by atoms with Crippen molar-refractivity contribution in [3.8, 4) is 52.5 Å². The quantitative estimate of drug-likeness (QED) is 0.235. The lowest BCUT2D eigenvalue weighted by atomic mass is 9.93. The number of hydrogen-bond donors (Lipinski definition) is 0. The number of hydrogen-bond acceptors (Lipinski definition) is 6. The van der Waals surface area contributed by atoms with Gasteiger partial charge in [-0.15, -0.1) is 56.7 Å². The van der Waals surface area contributed by atoms with Crippen LogP contribution >= 0.6 is 56.7 Å². The molecule has 6 rings (SSSR count). The Morgan fingerprint density at radius 1 is 0.387 bits per heavy atom. The van der Waals surface area contributed by atoms with Crippen LogP contribution in [0.25, 0.3) is 52.5 Å². The summed E-state index contributed by atoms with van der Waals surface area (Å²) in [7, 11) is 0. The first kappa shape index (κ1) is 19.3. The minimum Gasteiger partial charge on any atom is -0.245 e. The van der Waals surface area contributed by atoms with Gasteiger partial charge in [-0.3, -0.25) is 0 Å². The van der Waals surface area contributed by atoms with Crippen molar-refractivity contribution in [2.24, 2.45) is 0 Å². The molecule has 0 aliphatic heterocycles. The highest BCUT2D eigenvalue weighted by Crippen LogP contribution is 2.52. The summed E-state index contributed by atoms with van der Waals surface area (Å²) >= 11 is 8.87. The predicted molar refractivity (Wildman–Crippen MR) is 141 cm³/mol. The Bertz CT molecular complexity index is 1300. The third kappa shape index (κ3) is 3.45. The topological polar surface area (TPSA) is 12.9 Å². The molecule has 0 amide bonds. The number of thiophene rings is 5. The largest absolute Gasteiger partial charge is 0.245 e. The molecule has 6 heterocycles. The normalized spacial score (nSPS) is 11.2. The minimum atomic E-state index is 1.07. The molecular weight excluding hydrogens is 475 g/mol. The van der Waals surface area contributed by atoms with Crippen molar-refractivity contribution < 1.29 is 0 Å². The van der Waals surface area contributed by atoms with Gasteiger partial charge in [0, 0.05) is 31.3 Å². The summed E-state index contributed by atoms with van der Waals surface area (Å²) < 4.78 is 0. The maximum absolute atomic E-state index is 5.38. The third-order valence-corrected chi connectivity index (χ3v) is 9.42. The van der Waals surface area contributed by atoms with E-state index in [1.807, 2.05) is 0 Å². The second-order valence-corrected chi connectivity index (χ2v) is 11.6. The van der Waals surface area contributed by atoms with Crippen molar-refractivity contribution in [2.75, 3.05) is 0 Å². The van der Waals surface area contributed by atoms with Gasteiger partial charge >= 0.3 is 0 Å². The summed E-state index contributed by atoms with van der Waals surface area (Å²) in [5, 5.41) is 10.8. The van der Waals surface area contributed by atoms with Gasteiger partial charge in [-0.1, -0.05) is 30.3 Å². The molecular formula is C25H15NS5. The lowest BCUT2D eigenvalue weighted by Gasteiger charge is -2.19. The highest BCUT2D eigenvalue weighted by Gasteiger charge is 2.26. The van der Waals surface area contributed by atoms with Crippen LogP contribution in [0, 0.1) is 0 Å². The molecule has 0 atom stereocenters. The van der Waals surface area contributed by atoms with E-state index >= 15 is 0 Å². The van der Waals surface area contributed by atoms with Gasteiger partial charge in [0.25, 0.3) is 0 Å². The van der Waals surface area contributed by atoms with Crippen molar-refractivity contribution in [3.05, 3.63) is 87.6 Å². The van der Waals surface area contributed by atoms with E-state index in [4.69, 9.17) is 4.98 Å². The fourth-order valence-corrected chi connectivity index (χ4v) is 7.54. The maximum atomic E-state index is 5.38. The van der Waals surface area contributed by atoms with Crippen LogP contribution < -0.4 is 0 Å². The van der Waals surface area contributed by atoms with Crippen LogP contribution in [0.4, 0.5) is 0 Å². The molecule has 6 aromatic rings. The molecule has 0 N–H and O–H groups in total. The van der Waals surface area contributed by atoms with E-state index < -0.39 is 0 Å². The van der Waals surface area contributed by atoms with Crippen molar-refractivity contribution >= 4 is 56.7 Å². The van der Waals surface area contributed by atoms with Crippen molar-refractivity contribution in [3.63, 3.8) is 0 Å². The van der Waals surface area contributed by atoms with Crippen molar-refractivity contribution in [1.29, 1.82) is 0 Å². The van der Waals surface area contributed by atoms with Crippen LogP contribution in [0.1, 0.15) is 0 Å². The molecule has 0 radical (unpaired) electrons. The zero-order valence-corrected chi connectivity index (χ0v) is 20.2. The Hall–Kier alpha value is -2.35. The molecule has 31 heavy (non-hydrogen) atoms. The predicted octanol–water partition coefficient (Wildman–Crippen LogP) is 9.72. The molecule has 0 saturated carbocycles. The third-order valence-electron chi connectivity index (χ3n) is 5.01. The van der Waals surface area contributed by atoms with E-state index in [1.54, 1.807) is 56.7 Å². The van der Waals surface area contributed by atoms with Crippen LogP contribution in [0.3, 0.4) is 0 Å². The summed E-state index contributed by atoms with van der Waals surface area (Å²) in [6.07, 6.45) is 0. The van der Waals surface area contributed by atoms with E-state index in [9.17, 15) is 0 Å². The van der Waals surface area contributed by atoms with E-state index in [1.165, 1.54) is 41.1 Å². The van der Waals surface area contributed by atoms with Crippen LogP contribution in [-0.2, 0) is 0 Å². The van der Waals surface area contributed by atoms with Gasteiger partial charge in [0.1, 0.15) is 0 Å². The molecule has 0 spiro atoms. The van der Waals surface area contributed by atoms with Crippen LogP contribution in [0.15, 0.2) is 87.6 Å². The number of aromatic nitrogens is 1. The molecule has 150 valence electrons. The molecule has 0 unspecified atom stereocenters. The first-order valence-corrected chi connectivity index (χ1v) is 14.1. The first-order chi connectivity index (χ1) is 15.4. The molecule has 6 heteroatoms. The monoisotopic (exact) mass is 489 g/mol. The molecule has 1 nitrogen and oxygen atoms in total. The molecule has 0 fully saturated rings. The Balaban J connectivity index is 1.82. The van der Waals surface area contributed by atoms with E-state index in [-0.39, 0.29) is 0 Å². The molecule has 0 saturated heterocycles. The first-order valence-electron chi connectivity index (χ1n) is 9.67. The lowest BCUT2D eigenvalue weighted by molar-refractivity contribution is 1.36. The fourth-order valence-electron chi connectivity index (χ4n) is 3.76. The van der Waals surface area contributed by atoms with E-state index in [2.05, 4.69) is 87.6 Å². The summed E-state index contributed by atoms with van der Waals surface area (Å²) in [5.74, 6) is 0. The van der Waals surface area contributed by atoms with E-state index in [0.717, 1.165) is 11.4 Å². The SMILES string of the molecule is c1csc(-c2nc(-c3cccs3)c(-c3cccs3)c(-c3cccs3)c2-c2cccs2)c1. The second kappa shape index (κ2) is 8.30. The van der Waals surface area contributed by atoms with Crippen molar-refractivity contribution in [2.45, 2.75) is 0 Å². The molecule has 0 aliphatic carbocycles. The van der Waals surface area contributed by atoms with E-state index in [0.29, 0.717) is 0 Å². The standard InChI is InChI=1S/C25H15NS5/c1-6-16(27-11-1)21-22(17-7-2-12-28-17)24(19-9-4-14-30-19)26-25(20-10-5-15-31-20)23(21)18-8-3-13-29-18/h1-15H. The maximum Gasteiger partial charge on any atom is 0.0903 e. The van der Waals surface area contributed by atoms with Gasteiger partial charge in [-0.05, 0) is 57.2 Å². The Kier molecular flexibility index (Phi) is 5.18. The highest BCUT2D eigenvalue weighted by atomic mass is 32.1. The lowest BCUT2D eigenvalue weighted by Crippen LogP contribution is -1.97. The average molecular weight is 490 g/mol.